The summed E-state index contributed by atoms with van der Waals surface area (Å²) in [6.07, 6.45) is 1.47. The monoisotopic (exact) mass is 373 g/mol. The van der Waals surface area contributed by atoms with Crippen LogP contribution in [0.15, 0.2) is 73.1 Å². The number of aromatic nitrogens is 2. The number of anilines is 2. The number of benzene rings is 2. The van der Waals surface area contributed by atoms with Crippen LogP contribution in [0.4, 0.5) is 11.5 Å². The second-order valence-electron chi connectivity index (χ2n) is 6.74. The molecule has 1 aliphatic heterocycles. The minimum Gasteiger partial charge on any atom is -0.368 e. The number of nitrogens with zero attached hydrogens (tertiary/aromatic N) is 4. The summed E-state index contributed by atoms with van der Waals surface area (Å²) in [5.41, 5.74) is 2.69. The SMILES string of the molecule is O=C(NCc1ccccc1)c1cc(N2CCN(c3ccccc3)CC2)ncn1. The molecule has 6 nitrogen and oxygen atoms in total. The second kappa shape index (κ2) is 8.52. The highest BCUT2D eigenvalue weighted by Gasteiger charge is 2.19. The van der Waals surface area contributed by atoms with Crippen LogP contribution in [0, 0.1) is 0 Å². The van der Waals surface area contributed by atoms with Crippen molar-refractivity contribution in [3.8, 4) is 0 Å². The van der Waals surface area contributed by atoms with Gasteiger partial charge in [0.25, 0.3) is 5.91 Å². The third-order valence-electron chi connectivity index (χ3n) is 4.91. The van der Waals surface area contributed by atoms with Crippen LogP contribution in [0.1, 0.15) is 16.1 Å². The smallest absolute Gasteiger partial charge is 0.270 e. The number of para-hydroxylation sites is 1. The Bertz CT molecular complexity index is 908. The van der Waals surface area contributed by atoms with Gasteiger partial charge in [-0.3, -0.25) is 4.79 Å². The summed E-state index contributed by atoms with van der Waals surface area (Å²) in [5, 5.41) is 2.92. The number of hydrogen-bond acceptors (Lipinski definition) is 5. The van der Waals surface area contributed by atoms with Crippen LogP contribution in [-0.2, 0) is 6.54 Å². The molecule has 1 aliphatic rings. The molecule has 2 aromatic carbocycles. The van der Waals surface area contributed by atoms with Gasteiger partial charge >= 0.3 is 0 Å². The molecule has 0 aliphatic carbocycles. The van der Waals surface area contributed by atoms with Crippen LogP contribution >= 0.6 is 0 Å². The lowest BCUT2D eigenvalue weighted by atomic mass is 10.2. The van der Waals surface area contributed by atoms with Gasteiger partial charge in [0.1, 0.15) is 17.8 Å². The van der Waals surface area contributed by atoms with Crippen LogP contribution < -0.4 is 15.1 Å². The van der Waals surface area contributed by atoms with Gasteiger partial charge in [-0.15, -0.1) is 0 Å². The first-order valence-electron chi connectivity index (χ1n) is 9.49. The van der Waals surface area contributed by atoms with Gasteiger partial charge in [0.15, 0.2) is 0 Å². The molecule has 0 saturated carbocycles. The molecule has 28 heavy (non-hydrogen) atoms. The molecule has 1 saturated heterocycles. The predicted molar refractivity (Wildman–Crippen MR) is 111 cm³/mol. The summed E-state index contributed by atoms with van der Waals surface area (Å²) in [5.74, 6) is 0.614. The Labute approximate surface area is 164 Å². The van der Waals surface area contributed by atoms with E-state index in [2.05, 4.69) is 49.4 Å². The van der Waals surface area contributed by atoms with Crippen molar-refractivity contribution in [1.29, 1.82) is 0 Å². The summed E-state index contributed by atoms with van der Waals surface area (Å²) in [6, 6.07) is 22.0. The fourth-order valence-electron chi connectivity index (χ4n) is 3.35. The maximum atomic E-state index is 12.5. The molecule has 0 spiro atoms. The summed E-state index contributed by atoms with van der Waals surface area (Å²) in [6.45, 7) is 4.04. The molecule has 1 N–H and O–H groups in total. The fourth-order valence-corrected chi connectivity index (χ4v) is 3.35. The topological polar surface area (TPSA) is 61.4 Å². The lowest BCUT2D eigenvalue weighted by molar-refractivity contribution is 0.0945. The molecule has 1 fully saturated rings. The molecule has 0 radical (unpaired) electrons. The fraction of sp³-hybridized carbons (Fsp3) is 0.227. The van der Waals surface area contributed by atoms with E-state index in [0.29, 0.717) is 12.2 Å². The van der Waals surface area contributed by atoms with Gasteiger partial charge in [0, 0.05) is 44.5 Å². The molecule has 0 atom stereocenters. The van der Waals surface area contributed by atoms with E-state index >= 15 is 0 Å². The van der Waals surface area contributed by atoms with Crippen molar-refractivity contribution in [2.75, 3.05) is 36.0 Å². The number of rotatable bonds is 5. The van der Waals surface area contributed by atoms with Crippen molar-refractivity contribution in [2.24, 2.45) is 0 Å². The van der Waals surface area contributed by atoms with Gasteiger partial charge in [-0.1, -0.05) is 48.5 Å². The predicted octanol–water partition coefficient (Wildman–Crippen LogP) is 2.73. The Kier molecular flexibility index (Phi) is 5.47. The quantitative estimate of drug-likeness (QED) is 0.745. The first kappa shape index (κ1) is 18.0. The standard InChI is InChI=1S/C22H23N5O/c28-22(23-16-18-7-3-1-4-8-18)20-15-21(25-17-24-20)27-13-11-26(12-14-27)19-9-5-2-6-10-19/h1-10,15,17H,11-14,16H2,(H,23,28). The highest BCUT2D eigenvalue weighted by atomic mass is 16.1. The van der Waals surface area contributed by atoms with Gasteiger partial charge < -0.3 is 15.1 Å². The molecule has 142 valence electrons. The summed E-state index contributed by atoms with van der Waals surface area (Å²) >= 11 is 0. The molecule has 6 heteroatoms. The van der Waals surface area contributed by atoms with Crippen LogP contribution in [0.25, 0.3) is 0 Å². The Morgan fingerprint density at radius 3 is 2.21 bits per heavy atom. The highest BCUT2D eigenvalue weighted by molar-refractivity contribution is 5.92. The number of hydrogen-bond donors (Lipinski definition) is 1. The first-order chi connectivity index (χ1) is 13.8. The normalized spacial score (nSPS) is 14.0. The highest BCUT2D eigenvalue weighted by Crippen LogP contribution is 2.19. The van der Waals surface area contributed by atoms with Crippen molar-refractivity contribution in [3.63, 3.8) is 0 Å². The van der Waals surface area contributed by atoms with E-state index in [0.717, 1.165) is 37.6 Å². The number of nitrogens with one attached hydrogen (secondary N) is 1. The van der Waals surface area contributed by atoms with Gasteiger partial charge in [-0.2, -0.15) is 0 Å². The van der Waals surface area contributed by atoms with Crippen LogP contribution in [0.2, 0.25) is 0 Å². The van der Waals surface area contributed by atoms with E-state index in [1.165, 1.54) is 12.0 Å². The van der Waals surface area contributed by atoms with E-state index < -0.39 is 0 Å². The van der Waals surface area contributed by atoms with E-state index in [1.54, 1.807) is 6.07 Å². The molecule has 1 amide bonds. The van der Waals surface area contributed by atoms with Gasteiger partial charge in [-0.25, -0.2) is 9.97 Å². The Hall–Kier alpha value is -3.41. The lowest BCUT2D eigenvalue weighted by Gasteiger charge is -2.36. The lowest BCUT2D eigenvalue weighted by Crippen LogP contribution is -2.46. The Balaban J connectivity index is 1.37. The Morgan fingerprint density at radius 1 is 0.857 bits per heavy atom. The summed E-state index contributed by atoms with van der Waals surface area (Å²) < 4.78 is 0. The zero-order valence-electron chi connectivity index (χ0n) is 15.7. The maximum absolute atomic E-state index is 12.5. The van der Waals surface area contributed by atoms with Crippen LogP contribution in [0.3, 0.4) is 0 Å². The molecule has 3 aromatic rings. The van der Waals surface area contributed by atoms with E-state index in [1.807, 2.05) is 36.4 Å². The van der Waals surface area contributed by atoms with Crippen molar-refractivity contribution < 1.29 is 4.79 Å². The molecule has 0 unspecified atom stereocenters. The summed E-state index contributed by atoms with van der Waals surface area (Å²) in [4.78, 5) is 25.6. The van der Waals surface area contributed by atoms with Gasteiger partial charge in [-0.05, 0) is 17.7 Å². The van der Waals surface area contributed by atoms with Crippen molar-refractivity contribution in [1.82, 2.24) is 15.3 Å². The molecule has 0 bridgehead atoms. The second-order valence-corrected chi connectivity index (χ2v) is 6.74. The largest absolute Gasteiger partial charge is 0.368 e. The average Bonchev–Trinajstić information content (AvgIpc) is 2.79. The molecule has 2 heterocycles. The zero-order valence-corrected chi connectivity index (χ0v) is 15.7. The van der Waals surface area contributed by atoms with Crippen LogP contribution in [0.5, 0.6) is 0 Å². The minimum absolute atomic E-state index is 0.185. The third kappa shape index (κ3) is 4.28. The van der Waals surface area contributed by atoms with E-state index in [9.17, 15) is 4.79 Å². The number of amides is 1. The van der Waals surface area contributed by atoms with Crippen LogP contribution in [-0.4, -0.2) is 42.1 Å². The molecular weight excluding hydrogens is 350 g/mol. The zero-order chi connectivity index (χ0) is 19.2. The molecule has 4 rings (SSSR count). The third-order valence-corrected chi connectivity index (χ3v) is 4.91. The van der Waals surface area contributed by atoms with E-state index in [4.69, 9.17) is 0 Å². The minimum atomic E-state index is -0.185. The van der Waals surface area contributed by atoms with Crippen molar-refractivity contribution in [2.45, 2.75) is 6.54 Å². The van der Waals surface area contributed by atoms with Crippen molar-refractivity contribution in [3.05, 3.63) is 84.3 Å². The van der Waals surface area contributed by atoms with Gasteiger partial charge in [0.2, 0.25) is 0 Å². The van der Waals surface area contributed by atoms with E-state index in [-0.39, 0.29) is 5.91 Å². The molecular formula is C22H23N5O. The average molecular weight is 373 g/mol. The summed E-state index contributed by atoms with van der Waals surface area (Å²) in [7, 11) is 0. The number of carbonyl (C=O) groups is 1. The van der Waals surface area contributed by atoms with Crippen molar-refractivity contribution >= 4 is 17.4 Å². The molecule has 1 aromatic heterocycles. The Morgan fingerprint density at radius 2 is 1.50 bits per heavy atom. The number of piperazine rings is 1. The number of carbonyl (C=O) groups excluding carboxylic acids is 1. The maximum Gasteiger partial charge on any atom is 0.270 e. The van der Waals surface area contributed by atoms with Gasteiger partial charge in [0.05, 0.1) is 0 Å². The first-order valence-corrected chi connectivity index (χ1v) is 9.49.